The van der Waals surface area contributed by atoms with Gasteiger partial charge in [-0.1, -0.05) is 6.07 Å². The maximum atomic E-state index is 6.21. The number of nitrogens with two attached hydrogens (primary N) is 1. The lowest BCUT2D eigenvalue weighted by molar-refractivity contribution is 0.0724. The molecule has 0 fully saturated rings. The zero-order valence-corrected chi connectivity index (χ0v) is 12.4. The van der Waals surface area contributed by atoms with E-state index in [1.165, 1.54) is 0 Å². The Balaban J connectivity index is 1.77. The van der Waals surface area contributed by atoms with E-state index in [1.54, 1.807) is 12.4 Å². The molecule has 0 saturated carbocycles. The first-order valence-corrected chi connectivity index (χ1v) is 7.14. The second-order valence-electron chi connectivity index (χ2n) is 6.02. The van der Waals surface area contributed by atoms with Crippen molar-refractivity contribution in [1.82, 2.24) is 4.98 Å². The Morgan fingerprint density at radius 3 is 2.81 bits per heavy atom. The van der Waals surface area contributed by atoms with Gasteiger partial charge >= 0.3 is 0 Å². The van der Waals surface area contributed by atoms with Crippen LogP contribution in [-0.4, -0.2) is 10.6 Å². The minimum atomic E-state index is -0.240. The Morgan fingerprint density at radius 2 is 2.05 bits per heavy atom. The molecule has 0 radical (unpaired) electrons. The molecule has 0 saturated heterocycles. The fourth-order valence-corrected chi connectivity index (χ4v) is 2.62. The van der Waals surface area contributed by atoms with Gasteiger partial charge in [0.15, 0.2) is 0 Å². The summed E-state index contributed by atoms with van der Waals surface area (Å²) in [6.07, 6.45) is 4.34. The molecule has 21 heavy (non-hydrogen) atoms. The molecule has 1 aromatic heterocycles. The van der Waals surface area contributed by atoms with Crippen molar-refractivity contribution in [2.75, 3.05) is 0 Å². The summed E-state index contributed by atoms with van der Waals surface area (Å²) < 4.78 is 11.8. The summed E-state index contributed by atoms with van der Waals surface area (Å²) in [7, 11) is 0. The average molecular weight is 284 g/mol. The van der Waals surface area contributed by atoms with Gasteiger partial charge in [-0.3, -0.25) is 4.98 Å². The summed E-state index contributed by atoms with van der Waals surface area (Å²) in [5.41, 5.74) is 8.10. The Hall–Kier alpha value is -2.07. The van der Waals surface area contributed by atoms with Crippen molar-refractivity contribution in [3.8, 4) is 11.5 Å². The van der Waals surface area contributed by atoms with Gasteiger partial charge in [-0.15, -0.1) is 0 Å². The molecule has 110 valence electrons. The molecule has 3 rings (SSSR count). The van der Waals surface area contributed by atoms with Crippen LogP contribution in [0.25, 0.3) is 0 Å². The normalized spacial score (nSPS) is 19.5. The fraction of sp³-hybridized carbons (Fsp3) is 0.353. The minimum absolute atomic E-state index is 0.0120. The van der Waals surface area contributed by atoms with Crippen LogP contribution in [0.3, 0.4) is 0 Å². The Bertz CT molecular complexity index is 626. The van der Waals surface area contributed by atoms with Gasteiger partial charge in [0.25, 0.3) is 0 Å². The van der Waals surface area contributed by atoms with E-state index < -0.39 is 0 Å². The van der Waals surface area contributed by atoms with Gasteiger partial charge in [0.2, 0.25) is 0 Å². The number of pyridine rings is 1. The first kappa shape index (κ1) is 13.9. The summed E-state index contributed by atoms with van der Waals surface area (Å²) in [6.45, 7) is 4.62. The monoisotopic (exact) mass is 284 g/mol. The first-order chi connectivity index (χ1) is 10.0. The van der Waals surface area contributed by atoms with Crippen LogP contribution < -0.4 is 15.2 Å². The zero-order chi connectivity index (χ0) is 14.9. The molecule has 0 aliphatic carbocycles. The lowest BCUT2D eigenvalue weighted by Crippen LogP contribution is -2.37. The highest BCUT2D eigenvalue weighted by atomic mass is 16.5. The lowest BCUT2D eigenvalue weighted by atomic mass is 9.90. The third kappa shape index (κ3) is 3.16. The quantitative estimate of drug-likeness (QED) is 0.940. The van der Waals surface area contributed by atoms with Gasteiger partial charge in [-0.2, -0.15) is 0 Å². The molecular formula is C17H20N2O2. The highest BCUT2D eigenvalue weighted by Crippen LogP contribution is 2.40. The van der Waals surface area contributed by atoms with Crippen LogP contribution in [0.15, 0.2) is 42.7 Å². The molecule has 2 N–H and O–H groups in total. The van der Waals surface area contributed by atoms with Crippen LogP contribution in [0, 0.1) is 0 Å². The van der Waals surface area contributed by atoms with Gasteiger partial charge in [0, 0.05) is 36.5 Å². The van der Waals surface area contributed by atoms with Crippen molar-refractivity contribution < 1.29 is 9.47 Å². The van der Waals surface area contributed by atoms with E-state index in [-0.39, 0.29) is 11.6 Å². The summed E-state index contributed by atoms with van der Waals surface area (Å²) in [4.78, 5) is 3.99. The number of benzene rings is 1. The summed E-state index contributed by atoms with van der Waals surface area (Å²) in [5.74, 6) is 1.61. The lowest BCUT2D eigenvalue weighted by Gasteiger charge is -2.36. The SMILES string of the molecule is CC1(C)CC(N)c2ccc(OCc3ccncc3)cc2O1. The maximum Gasteiger partial charge on any atom is 0.128 e. The maximum absolute atomic E-state index is 6.21. The van der Waals surface area contributed by atoms with Crippen LogP contribution in [0.2, 0.25) is 0 Å². The van der Waals surface area contributed by atoms with Crippen LogP contribution in [0.1, 0.15) is 37.4 Å². The van der Waals surface area contributed by atoms with Gasteiger partial charge in [0.05, 0.1) is 0 Å². The number of ether oxygens (including phenoxy) is 2. The molecule has 0 amide bonds. The van der Waals surface area contributed by atoms with E-state index in [9.17, 15) is 0 Å². The number of hydrogen-bond acceptors (Lipinski definition) is 4. The van der Waals surface area contributed by atoms with Crippen molar-refractivity contribution in [1.29, 1.82) is 0 Å². The highest BCUT2D eigenvalue weighted by molar-refractivity contribution is 5.44. The smallest absolute Gasteiger partial charge is 0.128 e. The largest absolute Gasteiger partial charge is 0.489 e. The van der Waals surface area contributed by atoms with Gasteiger partial charge in [-0.05, 0) is 37.6 Å². The minimum Gasteiger partial charge on any atom is -0.489 e. The average Bonchev–Trinajstić information content (AvgIpc) is 2.44. The fourth-order valence-electron chi connectivity index (χ4n) is 2.62. The second kappa shape index (κ2) is 5.37. The summed E-state index contributed by atoms with van der Waals surface area (Å²) in [5, 5.41) is 0. The Morgan fingerprint density at radius 1 is 1.29 bits per heavy atom. The van der Waals surface area contributed by atoms with Crippen LogP contribution in [-0.2, 0) is 6.61 Å². The standard InChI is InChI=1S/C17H20N2O2/c1-17(2)10-15(18)14-4-3-13(9-16(14)21-17)20-11-12-5-7-19-8-6-12/h3-9,15H,10-11,18H2,1-2H3. The van der Waals surface area contributed by atoms with Crippen LogP contribution in [0.5, 0.6) is 11.5 Å². The van der Waals surface area contributed by atoms with Crippen molar-refractivity contribution in [3.63, 3.8) is 0 Å². The van der Waals surface area contributed by atoms with E-state index in [0.717, 1.165) is 29.0 Å². The van der Waals surface area contributed by atoms with E-state index in [0.29, 0.717) is 6.61 Å². The molecule has 1 atom stereocenters. The third-order valence-electron chi connectivity index (χ3n) is 3.64. The molecule has 0 bridgehead atoms. The molecule has 1 aromatic carbocycles. The molecule has 4 nitrogen and oxygen atoms in total. The first-order valence-electron chi connectivity index (χ1n) is 7.14. The van der Waals surface area contributed by atoms with Crippen molar-refractivity contribution >= 4 is 0 Å². The van der Waals surface area contributed by atoms with Gasteiger partial charge in [-0.25, -0.2) is 0 Å². The molecule has 1 aliphatic heterocycles. The van der Waals surface area contributed by atoms with Gasteiger partial charge < -0.3 is 15.2 Å². The molecule has 1 unspecified atom stereocenters. The van der Waals surface area contributed by atoms with E-state index in [1.807, 2.05) is 30.3 Å². The molecule has 4 heteroatoms. The molecule has 1 aliphatic rings. The third-order valence-corrected chi connectivity index (χ3v) is 3.64. The number of fused-ring (bicyclic) bond motifs is 1. The molecule has 2 heterocycles. The Labute approximate surface area is 124 Å². The van der Waals surface area contributed by atoms with Crippen molar-refractivity contribution in [2.24, 2.45) is 5.73 Å². The highest BCUT2D eigenvalue weighted by Gasteiger charge is 2.31. The number of aromatic nitrogens is 1. The topological polar surface area (TPSA) is 57.4 Å². The van der Waals surface area contributed by atoms with Gasteiger partial charge in [0.1, 0.15) is 23.7 Å². The second-order valence-corrected chi connectivity index (χ2v) is 6.02. The van der Waals surface area contributed by atoms with E-state index in [4.69, 9.17) is 15.2 Å². The molecular weight excluding hydrogens is 264 g/mol. The van der Waals surface area contributed by atoms with Crippen LogP contribution in [0.4, 0.5) is 0 Å². The summed E-state index contributed by atoms with van der Waals surface area (Å²) in [6, 6.07) is 9.76. The molecule has 0 spiro atoms. The van der Waals surface area contributed by atoms with E-state index >= 15 is 0 Å². The predicted molar refractivity (Wildman–Crippen MR) is 81.3 cm³/mol. The molecule has 2 aromatic rings. The van der Waals surface area contributed by atoms with Crippen molar-refractivity contribution in [2.45, 2.75) is 38.5 Å². The van der Waals surface area contributed by atoms with E-state index in [2.05, 4.69) is 18.8 Å². The summed E-state index contributed by atoms with van der Waals surface area (Å²) >= 11 is 0. The Kier molecular flexibility index (Phi) is 3.55. The number of nitrogens with zero attached hydrogens (tertiary/aromatic N) is 1. The predicted octanol–water partition coefficient (Wildman–Crippen LogP) is 3.22. The van der Waals surface area contributed by atoms with Crippen LogP contribution >= 0.6 is 0 Å². The number of hydrogen-bond donors (Lipinski definition) is 1. The zero-order valence-electron chi connectivity index (χ0n) is 12.4. The number of rotatable bonds is 3. The van der Waals surface area contributed by atoms with Crippen molar-refractivity contribution in [3.05, 3.63) is 53.9 Å².